The third kappa shape index (κ3) is 3.63. The highest BCUT2D eigenvalue weighted by Crippen LogP contribution is 2.32. The fourth-order valence-electron chi connectivity index (χ4n) is 3.23. The van der Waals surface area contributed by atoms with Gasteiger partial charge in [0, 0.05) is 26.7 Å². The molecule has 3 aromatic carbocycles. The van der Waals surface area contributed by atoms with Gasteiger partial charge in [-0.3, -0.25) is 9.59 Å². The lowest BCUT2D eigenvalue weighted by molar-refractivity contribution is 0.0990. The number of nitrogens with zero attached hydrogens (tertiary/aromatic N) is 1. The molecular formula is C24H14BrNO3. The summed E-state index contributed by atoms with van der Waals surface area (Å²) in [6.45, 7) is 0.198. The minimum atomic E-state index is -0.286. The van der Waals surface area contributed by atoms with Crippen molar-refractivity contribution in [2.75, 3.05) is 0 Å². The number of halogens is 1. The molecule has 4 nitrogen and oxygen atoms in total. The fraction of sp³-hybridized carbons (Fsp3) is 0.0417. The second-order valence-corrected chi connectivity index (χ2v) is 7.42. The van der Waals surface area contributed by atoms with Crippen molar-refractivity contribution in [1.82, 2.24) is 0 Å². The van der Waals surface area contributed by atoms with Crippen LogP contribution in [0.2, 0.25) is 0 Å². The first kappa shape index (κ1) is 18.9. The van der Waals surface area contributed by atoms with Crippen LogP contribution in [0.3, 0.4) is 0 Å². The molecule has 0 atom stereocenters. The van der Waals surface area contributed by atoms with Gasteiger partial charge in [0.1, 0.15) is 12.4 Å². The molecule has 5 heteroatoms. The van der Waals surface area contributed by atoms with Crippen molar-refractivity contribution in [2.45, 2.75) is 6.61 Å². The van der Waals surface area contributed by atoms with Crippen LogP contribution >= 0.6 is 15.9 Å². The molecular weight excluding hydrogens is 430 g/mol. The Hall–Kier alpha value is -3.49. The molecule has 1 aliphatic carbocycles. The normalized spacial score (nSPS) is 12.5. The summed E-state index contributed by atoms with van der Waals surface area (Å²) in [6.07, 6.45) is 1.57. The van der Waals surface area contributed by atoms with Crippen molar-refractivity contribution in [3.05, 3.63) is 105 Å². The molecule has 0 heterocycles. The van der Waals surface area contributed by atoms with Gasteiger partial charge in [-0.15, -0.1) is 0 Å². The van der Waals surface area contributed by atoms with Crippen molar-refractivity contribution >= 4 is 33.6 Å². The average molecular weight is 444 g/mol. The Morgan fingerprint density at radius 3 is 2.28 bits per heavy atom. The lowest BCUT2D eigenvalue weighted by Crippen LogP contribution is -2.02. The Kier molecular flexibility index (Phi) is 5.11. The van der Waals surface area contributed by atoms with E-state index in [1.165, 1.54) is 0 Å². The van der Waals surface area contributed by atoms with Gasteiger partial charge in [-0.05, 0) is 30.3 Å². The number of ether oxygens (including phenoxy) is 1. The van der Waals surface area contributed by atoms with Gasteiger partial charge in [0.2, 0.25) is 0 Å². The minimum Gasteiger partial charge on any atom is -0.488 e. The van der Waals surface area contributed by atoms with Gasteiger partial charge in [0.25, 0.3) is 0 Å². The molecule has 0 saturated carbocycles. The summed E-state index contributed by atoms with van der Waals surface area (Å²) in [5.74, 6) is -0.0531. The first-order chi connectivity index (χ1) is 14.1. The minimum absolute atomic E-state index is 0.117. The van der Waals surface area contributed by atoms with E-state index < -0.39 is 0 Å². The van der Waals surface area contributed by atoms with Crippen LogP contribution in [-0.4, -0.2) is 11.6 Å². The maximum absolute atomic E-state index is 12.7. The number of Topliss-reactive ketones (excluding diaryl/α,β-unsaturated/α-hetero) is 2. The van der Waals surface area contributed by atoms with Crippen molar-refractivity contribution in [1.29, 1.82) is 5.26 Å². The van der Waals surface area contributed by atoms with Gasteiger partial charge in [-0.1, -0.05) is 58.4 Å². The van der Waals surface area contributed by atoms with Crippen molar-refractivity contribution < 1.29 is 14.3 Å². The van der Waals surface area contributed by atoms with Gasteiger partial charge < -0.3 is 4.74 Å². The molecule has 0 bridgehead atoms. The number of nitriles is 1. The maximum atomic E-state index is 12.7. The Balaban J connectivity index is 1.68. The van der Waals surface area contributed by atoms with Crippen LogP contribution < -0.4 is 4.74 Å². The van der Waals surface area contributed by atoms with Crippen LogP contribution in [0.15, 0.2) is 76.8 Å². The van der Waals surface area contributed by atoms with Crippen molar-refractivity contribution in [2.24, 2.45) is 0 Å². The third-order valence-corrected chi connectivity index (χ3v) is 5.19. The van der Waals surface area contributed by atoms with Crippen LogP contribution in [0.1, 0.15) is 37.4 Å². The van der Waals surface area contributed by atoms with Crippen molar-refractivity contribution in [3.8, 4) is 11.8 Å². The molecule has 0 N–H and O–H groups in total. The van der Waals surface area contributed by atoms with E-state index in [4.69, 9.17) is 4.74 Å². The van der Waals surface area contributed by atoms with E-state index >= 15 is 0 Å². The second kappa shape index (κ2) is 7.86. The maximum Gasteiger partial charge on any atom is 0.197 e. The van der Waals surface area contributed by atoms with E-state index in [0.29, 0.717) is 28.0 Å². The van der Waals surface area contributed by atoms with Crippen LogP contribution in [0.5, 0.6) is 5.75 Å². The standard InChI is InChI=1S/C24H14BrNO3/c25-18-9-10-22(29-14-16-6-2-1-5-15(16)13-26)17(11-18)12-21-23(27)19-7-3-4-8-20(19)24(21)28/h1-12H,14H2. The summed E-state index contributed by atoms with van der Waals surface area (Å²) >= 11 is 3.43. The van der Waals surface area contributed by atoms with E-state index in [1.54, 1.807) is 54.6 Å². The molecule has 140 valence electrons. The summed E-state index contributed by atoms with van der Waals surface area (Å²) in [5, 5.41) is 9.24. The largest absolute Gasteiger partial charge is 0.488 e. The molecule has 1 aliphatic rings. The second-order valence-electron chi connectivity index (χ2n) is 6.50. The summed E-state index contributed by atoms with van der Waals surface area (Å²) in [6, 6.07) is 21.5. The zero-order valence-corrected chi connectivity index (χ0v) is 16.8. The average Bonchev–Trinajstić information content (AvgIpc) is 2.98. The first-order valence-electron chi connectivity index (χ1n) is 8.89. The Bertz CT molecular complexity index is 1180. The number of hydrogen-bond donors (Lipinski definition) is 0. The number of carbonyl (C=O) groups is 2. The monoisotopic (exact) mass is 443 g/mol. The lowest BCUT2D eigenvalue weighted by Gasteiger charge is -2.11. The number of hydrogen-bond acceptors (Lipinski definition) is 4. The highest BCUT2D eigenvalue weighted by atomic mass is 79.9. The topological polar surface area (TPSA) is 67.2 Å². The molecule has 0 spiro atoms. The smallest absolute Gasteiger partial charge is 0.197 e. The van der Waals surface area contributed by atoms with Gasteiger partial charge in [0.05, 0.1) is 17.2 Å². The number of carbonyl (C=O) groups excluding carboxylic acids is 2. The first-order valence-corrected chi connectivity index (χ1v) is 9.68. The highest BCUT2D eigenvalue weighted by Gasteiger charge is 2.32. The quantitative estimate of drug-likeness (QED) is 0.401. The molecule has 29 heavy (non-hydrogen) atoms. The van der Waals surface area contributed by atoms with Gasteiger partial charge in [-0.25, -0.2) is 0 Å². The predicted molar refractivity (Wildman–Crippen MR) is 113 cm³/mol. The Morgan fingerprint density at radius 2 is 1.59 bits per heavy atom. The Morgan fingerprint density at radius 1 is 0.931 bits per heavy atom. The van der Waals surface area contributed by atoms with Crippen LogP contribution in [0, 0.1) is 11.3 Å². The number of rotatable bonds is 4. The molecule has 0 aliphatic heterocycles. The molecule has 0 unspecified atom stereocenters. The summed E-state index contributed by atoms with van der Waals surface area (Å²) < 4.78 is 6.74. The van der Waals surface area contributed by atoms with Gasteiger partial charge in [0.15, 0.2) is 11.6 Å². The number of fused-ring (bicyclic) bond motifs is 1. The SMILES string of the molecule is N#Cc1ccccc1COc1ccc(Br)cc1C=C1C(=O)c2ccccc2C1=O. The fourth-order valence-corrected chi connectivity index (χ4v) is 3.61. The van der Waals surface area contributed by atoms with Gasteiger partial charge in [-0.2, -0.15) is 5.26 Å². The Labute approximate surface area is 176 Å². The molecule has 3 aromatic rings. The molecule has 0 saturated heterocycles. The summed E-state index contributed by atoms with van der Waals surface area (Å²) in [5.41, 5.74) is 2.87. The number of allylic oxidation sites excluding steroid dienone is 1. The van der Waals surface area contributed by atoms with E-state index in [0.717, 1.165) is 10.0 Å². The molecule has 4 rings (SSSR count). The van der Waals surface area contributed by atoms with E-state index in [-0.39, 0.29) is 23.7 Å². The van der Waals surface area contributed by atoms with E-state index in [9.17, 15) is 14.9 Å². The zero-order valence-electron chi connectivity index (χ0n) is 15.2. The molecule has 0 radical (unpaired) electrons. The van der Waals surface area contributed by atoms with Gasteiger partial charge >= 0.3 is 0 Å². The van der Waals surface area contributed by atoms with Crippen LogP contribution in [0.25, 0.3) is 6.08 Å². The van der Waals surface area contributed by atoms with E-state index in [1.807, 2.05) is 18.2 Å². The van der Waals surface area contributed by atoms with Crippen LogP contribution in [0.4, 0.5) is 0 Å². The zero-order chi connectivity index (χ0) is 20.4. The lowest BCUT2D eigenvalue weighted by atomic mass is 10.1. The number of benzene rings is 3. The predicted octanol–water partition coefficient (Wildman–Crippen LogP) is 5.36. The molecule has 0 aromatic heterocycles. The highest BCUT2D eigenvalue weighted by molar-refractivity contribution is 9.10. The third-order valence-electron chi connectivity index (χ3n) is 4.70. The van der Waals surface area contributed by atoms with Crippen molar-refractivity contribution in [3.63, 3.8) is 0 Å². The number of ketones is 2. The summed E-state index contributed by atoms with van der Waals surface area (Å²) in [7, 11) is 0. The molecule has 0 fully saturated rings. The summed E-state index contributed by atoms with van der Waals surface area (Å²) in [4.78, 5) is 25.4. The molecule has 0 amide bonds. The van der Waals surface area contributed by atoms with E-state index in [2.05, 4.69) is 22.0 Å². The van der Waals surface area contributed by atoms with Crippen LogP contribution in [-0.2, 0) is 6.61 Å².